The number of hydrogen-bond donors (Lipinski definition) is 1. The maximum atomic E-state index is 4.47. The molecule has 1 aliphatic carbocycles. The van der Waals surface area contributed by atoms with Gasteiger partial charge in [0, 0.05) is 11.3 Å². The quantitative estimate of drug-likeness (QED) is 0.749. The smallest absolute Gasteiger partial charge is 0.116 e. The van der Waals surface area contributed by atoms with E-state index < -0.39 is 0 Å². The maximum Gasteiger partial charge on any atom is 0.116 e. The van der Waals surface area contributed by atoms with Crippen LogP contribution in [-0.4, -0.2) is 15.0 Å². The number of fused-ring (bicyclic) bond motifs is 1. The molecule has 1 fully saturated rings. The summed E-state index contributed by atoms with van der Waals surface area (Å²) in [5, 5.41) is 0. The Balaban J connectivity index is 1.85. The van der Waals surface area contributed by atoms with E-state index in [0.717, 1.165) is 22.3 Å². The van der Waals surface area contributed by atoms with Crippen molar-refractivity contribution in [2.24, 2.45) is 0 Å². The zero-order valence-electron chi connectivity index (χ0n) is 11.3. The van der Waals surface area contributed by atoms with Crippen molar-refractivity contribution < 1.29 is 0 Å². The molecule has 0 bridgehead atoms. The summed E-state index contributed by atoms with van der Waals surface area (Å²) >= 11 is 0. The Labute approximate surface area is 118 Å². The maximum absolute atomic E-state index is 4.47. The fourth-order valence-electron chi connectivity index (χ4n) is 3.23. The molecule has 1 aliphatic rings. The lowest BCUT2D eigenvalue weighted by Crippen LogP contribution is -1.91. The molecule has 20 heavy (non-hydrogen) atoms. The number of aromatic amines is 1. The average Bonchev–Trinajstić information content (AvgIpc) is 3.16. The van der Waals surface area contributed by atoms with Gasteiger partial charge in [-0.3, -0.25) is 0 Å². The summed E-state index contributed by atoms with van der Waals surface area (Å²) in [6, 6.07) is 12.5. The molecule has 2 heterocycles. The Morgan fingerprint density at radius 3 is 2.60 bits per heavy atom. The third kappa shape index (κ3) is 1.90. The van der Waals surface area contributed by atoms with Gasteiger partial charge >= 0.3 is 0 Å². The number of nitrogens with one attached hydrogen (secondary N) is 1. The van der Waals surface area contributed by atoms with Gasteiger partial charge in [0.1, 0.15) is 6.33 Å². The number of aromatic nitrogens is 3. The predicted octanol–water partition coefficient (Wildman–Crippen LogP) is 4.28. The minimum Gasteiger partial charge on any atom is -0.355 e. The van der Waals surface area contributed by atoms with Crippen molar-refractivity contribution >= 4 is 11.0 Å². The van der Waals surface area contributed by atoms with Crippen LogP contribution in [0.15, 0.2) is 42.7 Å². The second kappa shape index (κ2) is 4.75. The van der Waals surface area contributed by atoms with E-state index in [1.54, 1.807) is 6.33 Å². The predicted molar refractivity (Wildman–Crippen MR) is 80.5 cm³/mol. The lowest BCUT2D eigenvalue weighted by molar-refractivity contribution is 0.705. The van der Waals surface area contributed by atoms with E-state index in [0.29, 0.717) is 5.92 Å². The van der Waals surface area contributed by atoms with E-state index in [1.807, 2.05) is 18.2 Å². The fourth-order valence-corrected chi connectivity index (χ4v) is 3.23. The molecule has 3 heteroatoms. The first-order chi connectivity index (χ1) is 9.92. The zero-order valence-corrected chi connectivity index (χ0v) is 11.3. The molecular weight excluding hydrogens is 246 g/mol. The van der Waals surface area contributed by atoms with E-state index >= 15 is 0 Å². The third-order valence-electron chi connectivity index (χ3n) is 4.28. The van der Waals surface area contributed by atoms with Crippen molar-refractivity contribution in [1.29, 1.82) is 0 Å². The van der Waals surface area contributed by atoms with Crippen molar-refractivity contribution in [2.75, 3.05) is 0 Å². The molecular formula is C17H17N3. The van der Waals surface area contributed by atoms with Crippen LogP contribution >= 0.6 is 0 Å². The van der Waals surface area contributed by atoms with Crippen LogP contribution < -0.4 is 0 Å². The Hall–Kier alpha value is -2.16. The molecule has 2 aromatic heterocycles. The highest BCUT2D eigenvalue weighted by atomic mass is 14.9. The molecule has 0 aliphatic heterocycles. The first-order valence-electron chi connectivity index (χ1n) is 7.31. The van der Waals surface area contributed by atoms with Crippen molar-refractivity contribution in [1.82, 2.24) is 15.0 Å². The summed E-state index contributed by atoms with van der Waals surface area (Å²) in [6.45, 7) is 0. The summed E-state index contributed by atoms with van der Waals surface area (Å²) < 4.78 is 0. The van der Waals surface area contributed by atoms with Crippen LogP contribution in [0.4, 0.5) is 0 Å². The van der Waals surface area contributed by atoms with Crippen LogP contribution in [0, 0.1) is 0 Å². The van der Waals surface area contributed by atoms with Crippen LogP contribution in [0.1, 0.15) is 37.3 Å². The van der Waals surface area contributed by atoms with E-state index in [4.69, 9.17) is 0 Å². The molecule has 0 amide bonds. The number of rotatable bonds is 2. The van der Waals surface area contributed by atoms with Gasteiger partial charge in [0.2, 0.25) is 0 Å². The van der Waals surface area contributed by atoms with Crippen LogP contribution in [0.3, 0.4) is 0 Å². The minimum atomic E-state index is 0.674. The second-order valence-corrected chi connectivity index (χ2v) is 5.55. The van der Waals surface area contributed by atoms with Crippen molar-refractivity contribution in [3.05, 3.63) is 48.4 Å². The highest BCUT2D eigenvalue weighted by Gasteiger charge is 2.20. The zero-order chi connectivity index (χ0) is 13.4. The van der Waals surface area contributed by atoms with Gasteiger partial charge in [-0.1, -0.05) is 43.2 Å². The van der Waals surface area contributed by atoms with Gasteiger partial charge < -0.3 is 4.98 Å². The van der Waals surface area contributed by atoms with Gasteiger partial charge in [0.15, 0.2) is 0 Å². The second-order valence-electron chi connectivity index (χ2n) is 5.55. The van der Waals surface area contributed by atoms with E-state index in [2.05, 4.69) is 33.2 Å². The monoisotopic (exact) mass is 263 g/mol. The topological polar surface area (TPSA) is 41.6 Å². The fraction of sp³-hybridized carbons (Fsp3) is 0.294. The van der Waals surface area contributed by atoms with E-state index in [9.17, 15) is 0 Å². The van der Waals surface area contributed by atoms with Gasteiger partial charge in [-0.25, -0.2) is 9.97 Å². The lowest BCUT2D eigenvalue weighted by Gasteiger charge is -2.05. The lowest BCUT2D eigenvalue weighted by atomic mass is 10.1. The van der Waals surface area contributed by atoms with Crippen LogP contribution in [0.2, 0.25) is 0 Å². The molecule has 0 spiro atoms. The molecule has 4 rings (SSSR count). The summed E-state index contributed by atoms with van der Waals surface area (Å²) in [7, 11) is 0. The SMILES string of the molecule is c1ccc(-c2ncnc3cc(C4CCCC4)[nH]c23)cc1. The number of benzene rings is 1. The molecule has 1 saturated carbocycles. The molecule has 3 aromatic rings. The summed E-state index contributed by atoms with van der Waals surface area (Å²) in [6.07, 6.45) is 6.94. The highest BCUT2D eigenvalue weighted by Crippen LogP contribution is 2.35. The third-order valence-corrected chi connectivity index (χ3v) is 4.28. The van der Waals surface area contributed by atoms with Crippen LogP contribution in [0.25, 0.3) is 22.3 Å². The Morgan fingerprint density at radius 2 is 1.80 bits per heavy atom. The van der Waals surface area contributed by atoms with Gasteiger partial charge in [-0.05, 0) is 24.8 Å². The van der Waals surface area contributed by atoms with Crippen molar-refractivity contribution in [3.63, 3.8) is 0 Å². The Morgan fingerprint density at radius 1 is 1.00 bits per heavy atom. The average molecular weight is 263 g/mol. The van der Waals surface area contributed by atoms with Crippen LogP contribution in [-0.2, 0) is 0 Å². The number of nitrogens with zero attached hydrogens (tertiary/aromatic N) is 2. The van der Waals surface area contributed by atoms with Crippen LogP contribution in [0.5, 0.6) is 0 Å². The van der Waals surface area contributed by atoms with Crippen molar-refractivity contribution in [2.45, 2.75) is 31.6 Å². The van der Waals surface area contributed by atoms with Gasteiger partial charge in [0.25, 0.3) is 0 Å². The molecule has 3 nitrogen and oxygen atoms in total. The molecule has 0 radical (unpaired) electrons. The minimum absolute atomic E-state index is 0.674. The number of hydrogen-bond acceptors (Lipinski definition) is 2. The Kier molecular flexibility index (Phi) is 2.76. The molecule has 1 N–H and O–H groups in total. The first-order valence-corrected chi connectivity index (χ1v) is 7.31. The normalized spacial score (nSPS) is 16.0. The summed E-state index contributed by atoms with van der Waals surface area (Å²) in [5.74, 6) is 0.674. The van der Waals surface area contributed by atoms with Crippen molar-refractivity contribution in [3.8, 4) is 11.3 Å². The Bertz CT molecular complexity index is 724. The largest absolute Gasteiger partial charge is 0.355 e. The van der Waals surface area contributed by atoms with Gasteiger partial charge in [-0.2, -0.15) is 0 Å². The van der Waals surface area contributed by atoms with E-state index in [1.165, 1.54) is 31.4 Å². The molecule has 0 unspecified atom stereocenters. The van der Waals surface area contributed by atoms with Gasteiger partial charge in [0.05, 0.1) is 16.7 Å². The molecule has 0 saturated heterocycles. The first kappa shape index (κ1) is 11.6. The molecule has 100 valence electrons. The van der Waals surface area contributed by atoms with Gasteiger partial charge in [-0.15, -0.1) is 0 Å². The highest BCUT2D eigenvalue weighted by molar-refractivity contribution is 5.89. The summed E-state index contributed by atoms with van der Waals surface area (Å²) in [5.41, 5.74) is 5.57. The van der Waals surface area contributed by atoms with E-state index in [-0.39, 0.29) is 0 Å². The molecule has 0 atom stereocenters. The number of H-pyrrole nitrogens is 1. The summed E-state index contributed by atoms with van der Waals surface area (Å²) in [4.78, 5) is 12.5. The standard InChI is InChI=1S/C17H17N3/c1-2-8-13(9-3-1)16-17-15(18-11-19-16)10-14(20-17)12-6-4-5-7-12/h1-3,8-12,20H,4-7H2. The molecule has 1 aromatic carbocycles.